The molecular formula is C33H40F2N6O4S. The third-order valence-electron chi connectivity index (χ3n) is 8.78. The minimum atomic E-state index is -3.71. The van der Waals surface area contributed by atoms with Crippen molar-refractivity contribution in [1.29, 1.82) is 0 Å². The Morgan fingerprint density at radius 3 is 2.48 bits per heavy atom. The highest BCUT2D eigenvalue weighted by molar-refractivity contribution is 7.90. The summed E-state index contributed by atoms with van der Waals surface area (Å²) in [5.74, 6) is -0.448. The highest BCUT2D eigenvalue weighted by Crippen LogP contribution is 2.40. The Labute approximate surface area is 267 Å². The molecule has 0 spiro atoms. The van der Waals surface area contributed by atoms with Crippen LogP contribution in [0.2, 0.25) is 0 Å². The summed E-state index contributed by atoms with van der Waals surface area (Å²) in [6.45, 7) is 9.07. The number of nitrogens with zero attached hydrogens (tertiary/aromatic N) is 5. The Bertz CT molecular complexity index is 1860. The summed E-state index contributed by atoms with van der Waals surface area (Å²) in [6, 6.07) is 6.90. The molecule has 2 fully saturated rings. The van der Waals surface area contributed by atoms with Crippen LogP contribution in [0, 0.1) is 19.3 Å². The molecule has 2 aliphatic rings. The van der Waals surface area contributed by atoms with Crippen molar-refractivity contribution in [2.24, 2.45) is 5.41 Å². The number of sulfone groups is 1. The topological polar surface area (TPSA) is 121 Å². The summed E-state index contributed by atoms with van der Waals surface area (Å²) in [5.41, 5.74) is 4.69. The maximum Gasteiger partial charge on any atom is 0.295 e. The maximum absolute atomic E-state index is 14.5. The summed E-state index contributed by atoms with van der Waals surface area (Å²) in [7, 11) is -3.71. The quantitative estimate of drug-likeness (QED) is 0.212. The lowest BCUT2D eigenvalue weighted by atomic mass is 9.84. The second kappa shape index (κ2) is 12.6. The van der Waals surface area contributed by atoms with Crippen molar-refractivity contribution < 1.29 is 26.7 Å². The predicted molar refractivity (Wildman–Crippen MR) is 170 cm³/mol. The van der Waals surface area contributed by atoms with Gasteiger partial charge < -0.3 is 14.8 Å². The second-order valence-corrected chi connectivity index (χ2v) is 15.1. The van der Waals surface area contributed by atoms with Gasteiger partial charge in [-0.1, -0.05) is 19.9 Å². The molecule has 6 rings (SSSR count). The van der Waals surface area contributed by atoms with Gasteiger partial charge in [0.25, 0.3) is 6.43 Å². The number of fused-ring (bicyclic) bond motifs is 1. The van der Waals surface area contributed by atoms with Gasteiger partial charge in [0.15, 0.2) is 21.3 Å². The summed E-state index contributed by atoms with van der Waals surface area (Å²) >= 11 is 0. The largest absolute Gasteiger partial charge is 0.373 e. The molecule has 1 N–H and O–H groups in total. The van der Waals surface area contributed by atoms with E-state index in [0.717, 1.165) is 48.9 Å². The molecule has 10 nitrogen and oxygen atoms in total. The molecule has 2 atom stereocenters. The number of benzene rings is 1. The minimum Gasteiger partial charge on any atom is -0.373 e. The van der Waals surface area contributed by atoms with Gasteiger partial charge >= 0.3 is 0 Å². The molecule has 2 saturated heterocycles. The van der Waals surface area contributed by atoms with Crippen LogP contribution in [0.15, 0.2) is 35.4 Å². The Morgan fingerprint density at radius 2 is 1.83 bits per heavy atom. The Kier molecular flexibility index (Phi) is 8.85. The number of rotatable bonds is 8. The van der Waals surface area contributed by atoms with E-state index in [0.29, 0.717) is 42.4 Å². The number of aromatic nitrogens is 5. The highest BCUT2D eigenvalue weighted by Gasteiger charge is 2.31. The molecule has 0 saturated carbocycles. The number of nitrogens with one attached hydrogen (secondary N) is 1. The van der Waals surface area contributed by atoms with Crippen LogP contribution < -0.4 is 5.32 Å². The molecule has 5 heterocycles. The maximum atomic E-state index is 14.5. The molecule has 1 aromatic carbocycles. The van der Waals surface area contributed by atoms with E-state index in [1.165, 1.54) is 4.57 Å². The van der Waals surface area contributed by atoms with E-state index in [9.17, 15) is 17.2 Å². The van der Waals surface area contributed by atoms with Crippen molar-refractivity contribution in [3.63, 3.8) is 0 Å². The first-order valence-corrected chi connectivity index (χ1v) is 17.5. The highest BCUT2D eigenvalue weighted by atomic mass is 32.2. The first kappa shape index (κ1) is 32.4. The molecule has 4 aromatic rings. The normalized spacial score (nSPS) is 20.3. The van der Waals surface area contributed by atoms with Gasteiger partial charge in [-0.15, -0.1) is 0 Å². The minimum absolute atomic E-state index is 0.0636. The molecule has 246 valence electrons. The SMILES string of the molecule is Cc1ncc(Cc2cc(Nc3ccc(C4CCC(C)(C)CO4)cc3S(C)(=O)=O)c3nc(C(F)F)n(C4CCCCO4)c3n2)nc1C. The zero-order chi connectivity index (χ0) is 32.8. The van der Waals surface area contributed by atoms with Crippen LogP contribution in [0.3, 0.4) is 0 Å². The number of aryl methyl sites for hydroxylation is 2. The molecule has 0 radical (unpaired) electrons. The zero-order valence-corrected chi connectivity index (χ0v) is 27.6. The number of imidazole rings is 1. The summed E-state index contributed by atoms with van der Waals surface area (Å²) in [5, 5.41) is 3.24. The van der Waals surface area contributed by atoms with Gasteiger partial charge in [0.05, 0.1) is 51.8 Å². The van der Waals surface area contributed by atoms with Crippen molar-refractivity contribution in [1.82, 2.24) is 24.5 Å². The van der Waals surface area contributed by atoms with Gasteiger partial charge in [-0.3, -0.25) is 14.5 Å². The molecule has 0 bridgehead atoms. The third kappa shape index (κ3) is 6.77. The lowest BCUT2D eigenvalue weighted by molar-refractivity contribution is -0.0499. The van der Waals surface area contributed by atoms with Crippen LogP contribution in [0.25, 0.3) is 11.2 Å². The average Bonchev–Trinajstić information content (AvgIpc) is 3.39. The molecule has 46 heavy (non-hydrogen) atoms. The Balaban J connectivity index is 1.47. The summed E-state index contributed by atoms with van der Waals surface area (Å²) in [6.07, 6.45) is 3.28. The standard InChI is InChI=1S/C33H40F2N6O4S/c1-19-20(2)37-23(17-36-19)15-22-16-25(29-31(38-22)41(32(40-29)30(34)35)28-8-6-7-13-44-28)39-24-10-9-21(14-27(24)46(5,42)43)26-11-12-33(3,4)18-45-26/h9-10,14,16-17,26,28,30H,6-8,11-13,15,18H2,1-5H3,(H,38,39). The second-order valence-electron chi connectivity index (χ2n) is 13.2. The first-order chi connectivity index (χ1) is 21.8. The average molecular weight is 655 g/mol. The van der Waals surface area contributed by atoms with Gasteiger partial charge in [0.2, 0.25) is 0 Å². The van der Waals surface area contributed by atoms with Crippen LogP contribution in [-0.2, 0) is 25.7 Å². The number of hydrogen-bond acceptors (Lipinski definition) is 9. The van der Waals surface area contributed by atoms with Gasteiger partial charge in [-0.05, 0) is 75.1 Å². The number of hydrogen-bond donors (Lipinski definition) is 1. The molecule has 0 amide bonds. The van der Waals surface area contributed by atoms with Crippen molar-refractivity contribution in [3.8, 4) is 0 Å². The van der Waals surface area contributed by atoms with Crippen molar-refractivity contribution in [3.05, 3.63) is 64.6 Å². The van der Waals surface area contributed by atoms with E-state index in [1.807, 2.05) is 19.9 Å². The van der Waals surface area contributed by atoms with Crippen LogP contribution in [0.1, 0.15) is 98.9 Å². The molecule has 13 heteroatoms. The Morgan fingerprint density at radius 1 is 1.02 bits per heavy atom. The monoisotopic (exact) mass is 654 g/mol. The summed E-state index contributed by atoms with van der Waals surface area (Å²) in [4.78, 5) is 18.3. The van der Waals surface area contributed by atoms with Crippen LogP contribution in [0.4, 0.5) is 20.2 Å². The number of ether oxygens (including phenoxy) is 2. The Hall–Kier alpha value is -3.55. The number of halogens is 2. The van der Waals surface area contributed by atoms with E-state index in [2.05, 4.69) is 34.1 Å². The van der Waals surface area contributed by atoms with Crippen LogP contribution >= 0.6 is 0 Å². The summed E-state index contributed by atoms with van der Waals surface area (Å²) < 4.78 is 68.7. The molecule has 3 aromatic heterocycles. The van der Waals surface area contributed by atoms with Crippen LogP contribution in [-0.4, -0.2) is 52.4 Å². The van der Waals surface area contributed by atoms with Gasteiger partial charge in [-0.2, -0.15) is 0 Å². The molecule has 2 aliphatic heterocycles. The molecule has 0 aliphatic carbocycles. The van der Waals surface area contributed by atoms with Gasteiger partial charge in [-0.25, -0.2) is 27.2 Å². The van der Waals surface area contributed by atoms with E-state index >= 15 is 0 Å². The van der Waals surface area contributed by atoms with Crippen LogP contribution in [0.5, 0.6) is 0 Å². The zero-order valence-electron chi connectivity index (χ0n) is 26.8. The molecular weight excluding hydrogens is 614 g/mol. The number of anilines is 2. The van der Waals surface area contributed by atoms with Crippen molar-refractivity contribution in [2.75, 3.05) is 24.8 Å². The fraction of sp³-hybridized carbons (Fsp3) is 0.515. The fourth-order valence-electron chi connectivity index (χ4n) is 6.10. The van der Waals surface area contributed by atoms with Crippen molar-refractivity contribution >= 4 is 32.4 Å². The number of alkyl halides is 2. The lowest BCUT2D eigenvalue weighted by Crippen LogP contribution is -2.27. The van der Waals surface area contributed by atoms with Gasteiger partial charge in [0, 0.05) is 25.5 Å². The lowest BCUT2D eigenvalue weighted by Gasteiger charge is -2.34. The smallest absolute Gasteiger partial charge is 0.295 e. The van der Waals surface area contributed by atoms with E-state index in [1.54, 1.807) is 24.4 Å². The van der Waals surface area contributed by atoms with Gasteiger partial charge in [0.1, 0.15) is 11.7 Å². The first-order valence-electron chi connectivity index (χ1n) is 15.6. The van der Waals surface area contributed by atoms with E-state index < -0.39 is 28.3 Å². The van der Waals surface area contributed by atoms with E-state index in [-0.39, 0.29) is 34.0 Å². The third-order valence-corrected chi connectivity index (χ3v) is 9.91. The van der Waals surface area contributed by atoms with E-state index in [4.69, 9.17) is 14.5 Å². The molecule has 2 unspecified atom stereocenters. The predicted octanol–water partition coefficient (Wildman–Crippen LogP) is 7.09. The fourth-order valence-corrected chi connectivity index (χ4v) is 6.97. The van der Waals surface area contributed by atoms with Crippen molar-refractivity contribution in [2.45, 2.75) is 89.9 Å². The number of pyridine rings is 1.